The Morgan fingerprint density at radius 1 is 1.18 bits per heavy atom. The summed E-state index contributed by atoms with van der Waals surface area (Å²) in [5, 5.41) is 10.7. The Balaban J connectivity index is 1.46. The van der Waals surface area contributed by atoms with Crippen LogP contribution in [0.2, 0.25) is 0 Å². The quantitative estimate of drug-likeness (QED) is 0.589. The fourth-order valence-corrected chi connectivity index (χ4v) is 4.55. The zero-order valence-corrected chi connectivity index (χ0v) is 19.8. The van der Waals surface area contributed by atoms with Gasteiger partial charge in [-0.05, 0) is 48.9 Å². The van der Waals surface area contributed by atoms with Crippen LogP contribution in [0.5, 0.6) is 11.5 Å². The van der Waals surface area contributed by atoms with Crippen molar-refractivity contribution in [3.63, 3.8) is 0 Å². The maximum Gasteiger partial charge on any atom is 0.248 e. The Kier molecular flexibility index (Phi) is 7.25. The molecule has 0 bridgehead atoms. The van der Waals surface area contributed by atoms with Crippen molar-refractivity contribution < 1.29 is 24.1 Å². The molecule has 6 heteroatoms. The highest BCUT2D eigenvalue weighted by molar-refractivity contribution is 5.78. The molecule has 2 fully saturated rings. The lowest BCUT2D eigenvalue weighted by Crippen LogP contribution is -2.38. The lowest BCUT2D eigenvalue weighted by Gasteiger charge is -2.33. The van der Waals surface area contributed by atoms with Crippen molar-refractivity contribution >= 4 is 5.91 Å². The molecule has 6 nitrogen and oxygen atoms in total. The standard InChI is InChI=1S/C27H35NO5/c1-19(29)27(2)18-28(26(30)17-32-15-20-7-5-4-6-8-20)14-23(27)22-11-12-24(31-3)25(13-22)33-16-21-9-10-21/h4-8,11-13,19,21,23,29H,9-10,14-18H2,1-3H3. The van der Waals surface area contributed by atoms with Crippen molar-refractivity contribution in [1.82, 2.24) is 4.90 Å². The molecule has 1 aliphatic carbocycles. The molecular weight excluding hydrogens is 418 g/mol. The minimum Gasteiger partial charge on any atom is -0.493 e. The van der Waals surface area contributed by atoms with Crippen molar-refractivity contribution in [2.24, 2.45) is 11.3 Å². The summed E-state index contributed by atoms with van der Waals surface area (Å²) in [4.78, 5) is 14.8. The van der Waals surface area contributed by atoms with Crippen LogP contribution < -0.4 is 9.47 Å². The first-order chi connectivity index (χ1) is 15.9. The van der Waals surface area contributed by atoms with Gasteiger partial charge >= 0.3 is 0 Å². The fraction of sp³-hybridized carbons (Fsp3) is 0.519. The average Bonchev–Trinajstić information content (AvgIpc) is 3.58. The van der Waals surface area contributed by atoms with Gasteiger partial charge in [-0.15, -0.1) is 0 Å². The maximum atomic E-state index is 12.9. The largest absolute Gasteiger partial charge is 0.493 e. The first-order valence-corrected chi connectivity index (χ1v) is 11.8. The van der Waals surface area contributed by atoms with E-state index in [9.17, 15) is 9.90 Å². The van der Waals surface area contributed by atoms with Crippen LogP contribution in [0.15, 0.2) is 48.5 Å². The summed E-state index contributed by atoms with van der Waals surface area (Å²) in [6.07, 6.45) is 1.85. The molecule has 0 radical (unpaired) electrons. The van der Waals surface area contributed by atoms with Crippen molar-refractivity contribution in [1.29, 1.82) is 0 Å². The number of hydrogen-bond acceptors (Lipinski definition) is 5. The minimum absolute atomic E-state index is 0.0234. The highest BCUT2D eigenvalue weighted by Gasteiger charge is 2.48. The van der Waals surface area contributed by atoms with Gasteiger partial charge in [-0.1, -0.05) is 43.3 Å². The number of hydrogen-bond donors (Lipinski definition) is 1. The second-order valence-corrected chi connectivity index (χ2v) is 9.65. The predicted molar refractivity (Wildman–Crippen MR) is 126 cm³/mol. The van der Waals surface area contributed by atoms with E-state index in [1.807, 2.05) is 53.4 Å². The molecule has 3 atom stereocenters. The molecular formula is C27H35NO5. The minimum atomic E-state index is -0.580. The third kappa shape index (κ3) is 5.50. The van der Waals surface area contributed by atoms with E-state index in [-0.39, 0.29) is 18.4 Å². The van der Waals surface area contributed by atoms with Crippen molar-refractivity contribution in [3.8, 4) is 11.5 Å². The van der Waals surface area contributed by atoms with Crippen molar-refractivity contribution in [2.45, 2.75) is 45.3 Å². The highest BCUT2D eigenvalue weighted by atomic mass is 16.5. The summed E-state index contributed by atoms with van der Waals surface area (Å²) in [7, 11) is 1.64. The molecule has 178 valence electrons. The molecule has 2 aromatic carbocycles. The van der Waals surface area contributed by atoms with Crippen LogP contribution in [0.3, 0.4) is 0 Å². The van der Waals surface area contributed by atoms with E-state index in [4.69, 9.17) is 14.2 Å². The van der Waals surface area contributed by atoms with E-state index >= 15 is 0 Å². The van der Waals surface area contributed by atoms with E-state index in [1.54, 1.807) is 14.0 Å². The van der Waals surface area contributed by atoms with Gasteiger partial charge in [0, 0.05) is 24.4 Å². The number of amides is 1. The normalized spacial score (nSPS) is 23.4. The van der Waals surface area contributed by atoms with Gasteiger partial charge in [0.1, 0.15) is 6.61 Å². The molecule has 4 rings (SSSR count). The molecule has 1 saturated heterocycles. The first-order valence-electron chi connectivity index (χ1n) is 11.8. The maximum absolute atomic E-state index is 12.9. The lowest BCUT2D eigenvalue weighted by molar-refractivity contribution is -0.136. The number of carbonyl (C=O) groups excluding carboxylic acids is 1. The molecule has 0 aromatic heterocycles. The molecule has 1 heterocycles. The number of carbonyl (C=O) groups is 1. The van der Waals surface area contributed by atoms with Crippen LogP contribution >= 0.6 is 0 Å². The summed E-state index contributed by atoms with van der Waals surface area (Å²) >= 11 is 0. The summed E-state index contributed by atoms with van der Waals surface area (Å²) in [5.41, 5.74) is 1.61. The third-order valence-electron chi connectivity index (χ3n) is 7.14. The Morgan fingerprint density at radius 2 is 1.94 bits per heavy atom. The van der Waals surface area contributed by atoms with Crippen LogP contribution in [0.1, 0.15) is 43.7 Å². The number of benzene rings is 2. The molecule has 0 spiro atoms. The van der Waals surface area contributed by atoms with Gasteiger partial charge in [0.25, 0.3) is 0 Å². The third-order valence-corrected chi connectivity index (χ3v) is 7.14. The SMILES string of the molecule is COc1ccc(C2CN(C(=O)COCc3ccccc3)CC2(C)C(C)O)cc1OCC1CC1. The topological polar surface area (TPSA) is 68.2 Å². The van der Waals surface area contributed by atoms with Crippen LogP contribution in [0.25, 0.3) is 0 Å². The van der Waals surface area contributed by atoms with Crippen molar-refractivity contribution in [3.05, 3.63) is 59.7 Å². The van der Waals surface area contributed by atoms with Gasteiger partial charge in [0.2, 0.25) is 5.91 Å². The van der Waals surface area contributed by atoms with Gasteiger partial charge in [-0.25, -0.2) is 0 Å². The van der Waals surface area contributed by atoms with Crippen molar-refractivity contribution in [2.75, 3.05) is 33.4 Å². The van der Waals surface area contributed by atoms with E-state index in [1.165, 1.54) is 12.8 Å². The predicted octanol–water partition coefficient (Wildman–Crippen LogP) is 4.01. The van der Waals surface area contributed by atoms with Crippen LogP contribution in [-0.2, 0) is 16.1 Å². The van der Waals surface area contributed by atoms with Gasteiger partial charge in [-0.3, -0.25) is 4.79 Å². The van der Waals surface area contributed by atoms with E-state index in [2.05, 4.69) is 6.92 Å². The Hall–Kier alpha value is -2.57. The molecule has 2 aromatic rings. The van der Waals surface area contributed by atoms with Gasteiger partial charge < -0.3 is 24.2 Å². The van der Waals surface area contributed by atoms with E-state index in [0.717, 1.165) is 16.9 Å². The Morgan fingerprint density at radius 3 is 2.61 bits per heavy atom. The number of methoxy groups -OCH3 is 1. The van der Waals surface area contributed by atoms with E-state index < -0.39 is 11.5 Å². The van der Waals surface area contributed by atoms with Gasteiger partial charge in [-0.2, -0.15) is 0 Å². The number of aliphatic hydroxyl groups is 1. The molecule has 1 saturated carbocycles. The highest BCUT2D eigenvalue weighted by Crippen LogP contribution is 2.47. The summed E-state index contributed by atoms with van der Waals surface area (Å²) in [6, 6.07) is 15.8. The van der Waals surface area contributed by atoms with Gasteiger partial charge in [0.05, 0.1) is 26.4 Å². The summed E-state index contributed by atoms with van der Waals surface area (Å²) in [6.45, 7) is 5.99. The zero-order chi connectivity index (χ0) is 23.4. The van der Waals surface area contributed by atoms with E-state index in [0.29, 0.717) is 38.0 Å². The molecule has 1 aliphatic heterocycles. The van der Waals surface area contributed by atoms with Crippen LogP contribution in [-0.4, -0.2) is 55.4 Å². The Labute approximate surface area is 196 Å². The summed E-state index contributed by atoms with van der Waals surface area (Å²) < 4.78 is 17.2. The second-order valence-electron chi connectivity index (χ2n) is 9.65. The number of likely N-dealkylation sites (tertiary alicyclic amines) is 1. The number of rotatable bonds is 10. The fourth-order valence-electron chi connectivity index (χ4n) is 4.55. The zero-order valence-electron chi connectivity index (χ0n) is 19.8. The Bertz CT molecular complexity index is 943. The number of aliphatic hydroxyl groups excluding tert-OH is 1. The summed E-state index contributed by atoms with van der Waals surface area (Å²) in [5.74, 6) is 1.99. The average molecular weight is 454 g/mol. The lowest BCUT2D eigenvalue weighted by atomic mass is 9.72. The molecule has 1 amide bonds. The van der Waals surface area contributed by atoms with Crippen LogP contribution in [0.4, 0.5) is 0 Å². The smallest absolute Gasteiger partial charge is 0.248 e. The molecule has 2 aliphatic rings. The molecule has 1 N–H and O–H groups in total. The number of nitrogens with zero attached hydrogens (tertiary/aromatic N) is 1. The van der Waals surface area contributed by atoms with Gasteiger partial charge in [0.15, 0.2) is 11.5 Å². The van der Waals surface area contributed by atoms with Crippen LogP contribution in [0, 0.1) is 11.3 Å². The molecule has 3 unspecified atom stereocenters. The first kappa shape index (κ1) is 23.6. The second kappa shape index (κ2) is 10.1. The number of ether oxygens (including phenoxy) is 3. The monoisotopic (exact) mass is 453 g/mol. The molecule has 33 heavy (non-hydrogen) atoms.